The molecule has 1 rings (SSSR count). The normalized spacial score (nSPS) is 12.6. The van der Waals surface area contributed by atoms with E-state index in [0.717, 1.165) is 6.07 Å². The van der Waals surface area contributed by atoms with Gasteiger partial charge in [0, 0.05) is 5.41 Å². The molecule has 0 bridgehead atoms. The van der Waals surface area contributed by atoms with E-state index in [1.165, 1.54) is 13.8 Å². The first-order valence-corrected chi connectivity index (χ1v) is 5.13. The first-order valence-electron chi connectivity index (χ1n) is 5.13. The van der Waals surface area contributed by atoms with Crippen LogP contribution in [0.4, 0.5) is 17.6 Å². The summed E-state index contributed by atoms with van der Waals surface area (Å²) in [5.41, 5.74) is -2.66. The lowest BCUT2D eigenvalue weighted by molar-refractivity contribution is -0.141. The average molecular weight is 264 g/mol. The number of carboxylic acids is 1. The Labute approximate surface area is 101 Å². The van der Waals surface area contributed by atoms with Gasteiger partial charge in [-0.25, -0.2) is 4.39 Å². The summed E-state index contributed by atoms with van der Waals surface area (Å²) in [6, 6.07) is 2.09. The summed E-state index contributed by atoms with van der Waals surface area (Å²) in [6.07, 6.45) is -5.15. The molecule has 0 unspecified atom stereocenters. The minimum atomic E-state index is -4.64. The third kappa shape index (κ3) is 3.21. The summed E-state index contributed by atoms with van der Waals surface area (Å²) in [5, 5.41) is 8.70. The van der Waals surface area contributed by atoms with E-state index in [4.69, 9.17) is 5.11 Å². The zero-order valence-corrected chi connectivity index (χ0v) is 9.81. The standard InChI is InChI=1S/C12H12F4O2/c1-11(2,6-10(17)18)9-5-7(13)3-4-8(9)12(14,15)16/h3-5H,6H2,1-2H3,(H,17,18). The predicted octanol–water partition coefficient (Wildman–Crippen LogP) is 3.60. The van der Waals surface area contributed by atoms with Gasteiger partial charge < -0.3 is 5.11 Å². The van der Waals surface area contributed by atoms with Crippen molar-refractivity contribution in [3.8, 4) is 0 Å². The molecule has 0 radical (unpaired) electrons. The smallest absolute Gasteiger partial charge is 0.416 e. The highest BCUT2D eigenvalue weighted by molar-refractivity contribution is 5.69. The number of halogens is 4. The molecule has 0 heterocycles. The Morgan fingerprint density at radius 1 is 1.22 bits per heavy atom. The molecule has 0 aliphatic carbocycles. The Balaban J connectivity index is 3.37. The maximum Gasteiger partial charge on any atom is 0.416 e. The van der Waals surface area contributed by atoms with Gasteiger partial charge in [0.05, 0.1) is 12.0 Å². The van der Waals surface area contributed by atoms with Gasteiger partial charge >= 0.3 is 12.1 Å². The quantitative estimate of drug-likeness (QED) is 0.847. The Morgan fingerprint density at radius 3 is 2.22 bits per heavy atom. The van der Waals surface area contributed by atoms with Crippen molar-refractivity contribution < 1.29 is 27.5 Å². The van der Waals surface area contributed by atoms with Gasteiger partial charge in [-0.05, 0) is 23.8 Å². The third-order valence-corrected chi connectivity index (χ3v) is 2.61. The summed E-state index contributed by atoms with van der Waals surface area (Å²) < 4.78 is 51.4. The van der Waals surface area contributed by atoms with Crippen molar-refractivity contribution in [2.45, 2.75) is 31.9 Å². The van der Waals surface area contributed by atoms with Crippen LogP contribution in [-0.2, 0) is 16.4 Å². The number of carbonyl (C=O) groups is 1. The van der Waals surface area contributed by atoms with Crippen LogP contribution in [-0.4, -0.2) is 11.1 Å². The Hall–Kier alpha value is -1.59. The van der Waals surface area contributed by atoms with Gasteiger partial charge in [-0.2, -0.15) is 13.2 Å². The van der Waals surface area contributed by atoms with Gasteiger partial charge in [0.2, 0.25) is 0 Å². The molecule has 0 amide bonds. The first kappa shape index (κ1) is 14.5. The largest absolute Gasteiger partial charge is 0.481 e. The van der Waals surface area contributed by atoms with E-state index in [-0.39, 0.29) is 5.56 Å². The molecular weight excluding hydrogens is 252 g/mol. The first-order chi connectivity index (χ1) is 8.04. The molecule has 1 aromatic carbocycles. The zero-order valence-electron chi connectivity index (χ0n) is 9.81. The van der Waals surface area contributed by atoms with Crippen molar-refractivity contribution >= 4 is 5.97 Å². The maximum absolute atomic E-state index is 13.1. The molecule has 0 spiro atoms. The molecule has 0 aliphatic rings. The number of carboxylic acid groups (broad SMARTS) is 1. The second-order valence-electron chi connectivity index (χ2n) is 4.64. The second kappa shape index (κ2) is 4.59. The number of benzene rings is 1. The molecule has 100 valence electrons. The van der Waals surface area contributed by atoms with E-state index < -0.39 is 35.4 Å². The van der Waals surface area contributed by atoms with Crippen LogP contribution >= 0.6 is 0 Å². The molecule has 1 aromatic rings. The minimum Gasteiger partial charge on any atom is -0.481 e. The molecule has 0 saturated heterocycles. The molecule has 1 N–H and O–H groups in total. The van der Waals surface area contributed by atoms with E-state index >= 15 is 0 Å². The SMILES string of the molecule is CC(C)(CC(=O)O)c1cc(F)ccc1C(F)(F)F. The Kier molecular flexibility index (Phi) is 3.69. The summed E-state index contributed by atoms with van der Waals surface area (Å²) in [4.78, 5) is 10.7. The second-order valence-corrected chi connectivity index (χ2v) is 4.64. The molecule has 0 saturated carbocycles. The fourth-order valence-electron chi connectivity index (χ4n) is 1.80. The van der Waals surface area contributed by atoms with Gasteiger partial charge in [-0.15, -0.1) is 0 Å². The number of alkyl halides is 3. The van der Waals surface area contributed by atoms with Gasteiger partial charge in [0.1, 0.15) is 5.82 Å². The van der Waals surface area contributed by atoms with Crippen LogP contribution in [0.3, 0.4) is 0 Å². The molecule has 0 fully saturated rings. The van der Waals surface area contributed by atoms with Crippen molar-refractivity contribution in [2.24, 2.45) is 0 Å². The zero-order chi connectivity index (χ0) is 14.1. The van der Waals surface area contributed by atoms with Crippen LogP contribution in [0.1, 0.15) is 31.4 Å². The molecular formula is C12H12F4O2. The van der Waals surface area contributed by atoms with Crippen LogP contribution < -0.4 is 0 Å². The summed E-state index contributed by atoms with van der Waals surface area (Å²) in [7, 11) is 0. The monoisotopic (exact) mass is 264 g/mol. The van der Waals surface area contributed by atoms with E-state index in [1.807, 2.05) is 0 Å². The lowest BCUT2D eigenvalue weighted by Crippen LogP contribution is -2.26. The summed E-state index contributed by atoms with van der Waals surface area (Å²) in [5.74, 6) is -2.06. The van der Waals surface area contributed by atoms with Crippen LogP contribution in [0.5, 0.6) is 0 Å². The fraction of sp³-hybridized carbons (Fsp3) is 0.417. The van der Waals surface area contributed by atoms with Crippen molar-refractivity contribution in [3.05, 3.63) is 35.1 Å². The van der Waals surface area contributed by atoms with Crippen LogP contribution in [0.15, 0.2) is 18.2 Å². The fourth-order valence-corrected chi connectivity index (χ4v) is 1.80. The van der Waals surface area contributed by atoms with E-state index in [0.29, 0.717) is 12.1 Å². The van der Waals surface area contributed by atoms with E-state index in [2.05, 4.69) is 0 Å². The van der Waals surface area contributed by atoms with Gasteiger partial charge in [0.25, 0.3) is 0 Å². The van der Waals surface area contributed by atoms with Crippen LogP contribution in [0.2, 0.25) is 0 Å². The van der Waals surface area contributed by atoms with E-state index in [1.54, 1.807) is 0 Å². The summed E-state index contributed by atoms with van der Waals surface area (Å²) in [6.45, 7) is 2.68. The van der Waals surface area contributed by atoms with Crippen molar-refractivity contribution in [1.82, 2.24) is 0 Å². The highest BCUT2D eigenvalue weighted by Crippen LogP contribution is 2.39. The maximum atomic E-state index is 13.1. The van der Waals surface area contributed by atoms with Crippen molar-refractivity contribution in [3.63, 3.8) is 0 Å². The Morgan fingerprint density at radius 2 is 1.78 bits per heavy atom. The number of hydrogen-bond acceptors (Lipinski definition) is 1. The lowest BCUT2D eigenvalue weighted by Gasteiger charge is -2.27. The third-order valence-electron chi connectivity index (χ3n) is 2.61. The Bertz CT molecular complexity index is 464. The number of rotatable bonds is 3. The average Bonchev–Trinajstić information content (AvgIpc) is 2.13. The minimum absolute atomic E-state index is 0.350. The predicted molar refractivity (Wildman–Crippen MR) is 56.7 cm³/mol. The summed E-state index contributed by atoms with van der Waals surface area (Å²) >= 11 is 0. The highest BCUT2D eigenvalue weighted by atomic mass is 19.4. The number of hydrogen-bond donors (Lipinski definition) is 1. The van der Waals surface area contributed by atoms with Crippen molar-refractivity contribution in [2.75, 3.05) is 0 Å². The highest BCUT2D eigenvalue weighted by Gasteiger charge is 2.38. The van der Waals surface area contributed by atoms with Gasteiger partial charge in [-0.1, -0.05) is 13.8 Å². The van der Waals surface area contributed by atoms with Crippen LogP contribution in [0, 0.1) is 5.82 Å². The van der Waals surface area contributed by atoms with E-state index in [9.17, 15) is 22.4 Å². The molecule has 0 atom stereocenters. The van der Waals surface area contributed by atoms with Gasteiger partial charge in [0.15, 0.2) is 0 Å². The van der Waals surface area contributed by atoms with Gasteiger partial charge in [-0.3, -0.25) is 4.79 Å². The molecule has 0 aromatic heterocycles. The topological polar surface area (TPSA) is 37.3 Å². The van der Waals surface area contributed by atoms with Crippen LogP contribution in [0.25, 0.3) is 0 Å². The molecule has 2 nitrogen and oxygen atoms in total. The van der Waals surface area contributed by atoms with Crippen molar-refractivity contribution in [1.29, 1.82) is 0 Å². The number of aliphatic carboxylic acids is 1. The molecule has 6 heteroatoms. The lowest BCUT2D eigenvalue weighted by atomic mass is 9.79. The molecule has 18 heavy (non-hydrogen) atoms. The molecule has 0 aliphatic heterocycles.